The zero-order chi connectivity index (χ0) is 14.9. The van der Waals surface area contributed by atoms with Crippen LogP contribution in [0.4, 0.5) is 5.69 Å². The van der Waals surface area contributed by atoms with Crippen LogP contribution in [0.1, 0.15) is 9.88 Å². The highest BCUT2D eigenvalue weighted by atomic mass is 79.9. The van der Waals surface area contributed by atoms with Crippen molar-refractivity contribution in [1.29, 1.82) is 0 Å². The topological polar surface area (TPSA) is 76.3 Å². The molecule has 2 N–H and O–H groups in total. The van der Waals surface area contributed by atoms with E-state index < -0.39 is 10.0 Å². The lowest BCUT2D eigenvalue weighted by Crippen LogP contribution is -2.26. The van der Waals surface area contributed by atoms with E-state index in [1.165, 1.54) is 28.8 Å². The van der Waals surface area contributed by atoms with Gasteiger partial charge in [-0.3, -0.25) is 0 Å². The Hall–Kier alpha value is -0.960. The molecular weight excluding hydrogens is 362 g/mol. The van der Waals surface area contributed by atoms with Crippen molar-refractivity contribution in [2.75, 3.05) is 12.8 Å². The van der Waals surface area contributed by atoms with E-state index in [9.17, 15) is 8.42 Å². The molecule has 0 aliphatic carbocycles. The quantitative estimate of drug-likeness (QED) is 0.833. The summed E-state index contributed by atoms with van der Waals surface area (Å²) in [5, 5.41) is 0.911. The number of nitrogen functional groups attached to an aromatic ring is 1. The molecular formula is C12H14BrN3O2S2. The summed E-state index contributed by atoms with van der Waals surface area (Å²) in [5.41, 5.74) is 6.03. The van der Waals surface area contributed by atoms with Crippen LogP contribution in [0.25, 0.3) is 0 Å². The zero-order valence-electron chi connectivity index (χ0n) is 11.0. The number of hydrogen-bond acceptors (Lipinski definition) is 5. The number of rotatable bonds is 4. The van der Waals surface area contributed by atoms with E-state index in [0.29, 0.717) is 0 Å². The minimum atomic E-state index is -3.61. The maximum atomic E-state index is 12.5. The van der Waals surface area contributed by atoms with Crippen LogP contribution < -0.4 is 5.73 Å². The fourth-order valence-electron chi connectivity index (χ4n) is 1.70. The maximum Gasteiger partial charge on any atom is 0.245 e. The average molecular weight is 376 g/mol. The Kier molecular flexibility index (Phi) is 4.48. The Morgan fingerprint density at radius 2 is 2.15 bits per heavy atom. The molecule has 0 bridgehead atoms. The SMILES string of the molecule is Cc1ncc(CN(C)S(=O)(=O)c2ccc(Br)cc2N)s1. The standard InChI is InChI=1S/C12H14BrN3O2S2/c1-8-15-6-10(19-8)7-16(2)20(17,18)12-4-3-9(13)5-11(12)14/h3-6H,7,14H2,1-2H3. The number of anilines is 1. The molecule has 0 amide bonds. The Bertz CT molecular complexity index is 728. The molecule has 108 valence electrons. The lowest BCUT2D eigenvalue weighted by atomic mass is 10.3. The molecule has 0 unspecified atom stereocenters. The predicted octanol–water partition coefficient (Wildman–Crippen LogP) is 2.62. The Balaban J connectivity index is 2.29. The average Bonchev–Trinajstić information content (AvgIpc) is 2.74. The van der Waals surface area contributed by atoms with E-state index in [-0.39, 0.29) is 17.1 Å². The Labute approximate surface area is 130 Å². The molecule has 8 heteroatoms. The van der Waals surface area contributed by atoms with Crippen LogP contribution in [0.15, 0.2) is 33.8 Å². The second-order valence-corrected chi connectivity index (χ2v) is 8.54. The van der Waals surface area contributed by atoms with Crippen LogP contribution in [-0.2, 0) is 16.6 Å². The number of sulfonamides is 1. The van der Waals surface area contributed by atoms with Gasteiger partial charge in [-0.05, 0) is 25.1 Å². The van der Waals surface area contributed by atoms with Gasteiger partial charge >= 0.3 is 0 Å². The summed E-state index contributed by atoms with van der Waals surface area (Å²) in [4.78, 5) is 5.13. The highest BCUT2D eigenvalue weighted by Gasteiger charge is 2.23. The molecule has 0 atom stereocenters. The highest BCUT2D eigenvalue weighted by molar-refractivity contribution is 9.10. The van der Waals surface area contributed by atoms with E-state index >= 15 is 0 Å². The molecule has 0 radical (unpaired) electrons. The maximum absolute atomic E-state index is 12.5. The third-order valence-electron chi connectivity index (χ3n) is 2.71. The van der Waals surface area contributed by atoms with Gasteiger partial charge in [-0.2, -0.15) is 4.31 Å². The summed E-state index contributed by atoms with van der Waals surface area (Å²) in [6.45, 7) is 2.17. The van der Waals surface area contributed by atoms with Gasteiger partial charge in [-0.25, -0.2) is 13.4 Å². The first kappa shape index (κ1) is 15.4. The summed E-state index contributed by atoms with van der Waals surface area (Å²) < 4.78 is 27.0. The Morgan fingerprint density at radius 1 is 1.45 bits per heavy atom. The molecule has 0 spiro atoms. The second kappa shape index (κ2) is 5.80. The van der Waals surface area contributed by atoms with Gasteiger partial charge in [0.25, 0.3) is 0 Å². The van der Waals surface area contributed by atoms with Crippen molar-refractivity contribution >= 4 is 43.0 Å². The number of nitrogens with zero attached hydrogens (tertiary/aromatic N) is 2. The highest BCUT2D eigenvalue weighted by Crippen LogP contribution is 2.26. The van der Waals surface area contributed by atoms with E-state index in [4.69, 9.17) is 5.73 Å². The van der Waals surface area contributed by atoms with Crippen LogP contribution >= 0.6 is 27.3 Å². The largest absolute Gasteiger partial charge is 0.398 e. The molecule has 0 fully saturated rings. The lowest BCUT2D eigenvalue weighted by Gasteiger charge is -2.17. The number of halogens is 1. The smallest absolute Gasteiger partial charge is 0.245 e. The monoisotopic (exact) mass is 375 g/mol. The van der Waals surface area contributed by atoms with Gasteiger partial charge in [0, 0.05) is 29.1 Å². The number of hydrogen-bond donors (Lipinski definition) is 1. The second-order valence-electron chi connectivity index (χ2n) is 4.29. The first-order valence-electron chi connectivity index (χ1n) is 5.73. The molecule has 0 saturated heterocycles. The minimum Gasteiger partial charge on any atom is -0.398 e. The molecule has 1 aromatic carbocycles. The third-order valence-corrected chi connectivity index (χ3v) is 5.98. The number of thiazole rings is 1. The summed E-state index contributed by atoms with van der Waals surface area (Å²) >= 11 is 4.74. The molecule has 1 heterocycles. The molecule has 0 saturated carbocycles. The fourth-order valence-corrected chi connectivity index (χ4v) is 4.26. The van der Waals surface area contributed by atoms with Gasteiger partial charge in [0.2, 0.25) is 10.0 Å². The van der Waals surface area contributed by atoms with Crippen molar-refractivity contribution in [3.05, 3.63) is 38.8 Å². The van der Waals surface area contributed by atoms with Crippen molar-refractivity contribution in [2.24, 2.45) is 0 Å². The van der Waals surface area contributed by atoms with Gasteiger partial charge in [0.15, 0.2) is 0 Å². The van der Waals surface area contributed by atoms with E-state index in [1.807, 2.05) is 6.92 Å². The van der Waals surface area contributed by atoms with Crippen molar-refractivity contribution < 1.29 is 8.42 Å². The summed E-state index contributed by atoms with van der Waals surface area (Å²) in [7, 11) is -2.08. The van der Waals surface area contributed by atoms with Gasteiger partial charge in [-0.15, -0.1) is 11.3 Å². The van der Waals surface area contributed by atoms with Crippen molar-refractivity contribution in [2.45, 2.75) is 18.4 Å². The third kappa shape index (κ3) is 3.20. The number of aryl methyl sites for hydroxylation is 1. The first-order chi connectivity index (χ1) is 9.30. The summed E-state index contributed by atoms with van der Waals surface area (Å²) in [5.74, 6) is 0. The van der Waals surface area contributed by atoms with E-state index in [1.54, 1.807) is 18.3 Å². The summed E-state index contributed by atoms with van der Waals surface area (Å²) in [6, 6.07) is 4.74. The van der Waals surface area contributed by atoms with Crippen molar-refractivity contribution in [1.82, 2.24) is 9.29 Å². The molecule has 2 rings (SSSR count). The van der Waals surface area contributed by atoms with Gasteiger partial charge < -0.3 is 5.73 Å². The Morgan fingerprint density at radius 3 is 2.70 bits per heavy atom. The number of benzene rings is 1. The summed E-state index contributed by atoms with van der Waals surface area (Å²) in [6.07, 6.45) is 1.69. The number of aromatic nitrogens is 1. The molecule has 0 aliphatic heterocycles. The molecule has 20 heavy (non-hydrogen) atoms. The van der Waals surface area contributed by atoms with Gasteiger partial charge in [-0.1, -0.05) is 15.9 Å². The molecule has 2 aromatic rings. The number of nitrogens with two attached hydrogens (primary N) is 1. The van der Waals surface area contributed by atoms with Crippen LogP contribution in [0.2, 0.25) is 0 Å². The van der Waals surface area contributed by atoms with Crippen LogP contribution in [0.3, 0.4) is 0 Å². The molecule has 5 nitrogen and oxygen atoms in total. The molecule has 0 aliphatic rings. The van der Waals surface area contributed by atoms with E-state index in [0.717, 1.165) is 14.4 Å². The molecule has 1 aromatic heterocycles. The van der Waals surface area contributed by atoms with Crippen molar-refractivity contribution in [3.8, 4) is 0 Å². The minimum absolute atomic E-state index is 0.115. The van der Waals surface area contributed by atoms with Crippen LogP contribution in [0.5, 0.6) is 0 Å². The van der Waals surface area contributed by atoms with Gasteiger partial charge in [0.05, 0.1) is 10.7 Å². The lowest BCUT2D eigenvalue weighted by molar-refractivity contribution is 0.470. The van der Waals surface area contributed by atoms with Crippen LogP contribution in [0, 0.1) is 6.92 Å². The predicted molar refractivity (Wildman–Crippen MR) is 84.1 cm³/mol. The van der Waals surface area contributed by atoms with Crippen LogP contribution in [-0.4, -0.2) is 24.8 Å². The van der Waals surface area contributed by atoms with Crippen molar-refractivity contribution in [3.63, 3.8) is 0 Å². The first-order valence-corrected chi connectivity index (χ1v) is 8.78. The fraction of sp³-hybridized carbons (Fsp3) is 0.250. The van der Waals surface area contributed by atoms with E-state index in [2.05, 4.69) is 20.9 Å². The zero-order valence-corrected chi connectivity index (χ0v) is 14.2. The van der Waals surface area contributed by atoms with Gasteiger partial charge in [0.1, 0.15) is 4.90 Å². The normalized spacial score (nSPS) is 12.0.